The Kier molecular flexibility index (Phi) is 11.9. The van der Waals surface area contributed by atoms with E-state index in [1.54, 1.807) is 45.0 Å². The van der Waals surface area contributed by atoms with Gasteiger partial charge in [0.15, 0.2) is 5.78 Å². The molecule has 0 aliphatic carbocycles. The zero-order valence-electron chi connectivity index (χ0n) is 26.7. The Labute approximate surface area is 277 Å². The second-order valence-electron chi connectivity index (χ2n) is 10.5. The van der Waals surface area contributed by atoms with Crippen LogP contribution in [0.3, 0.4) is 0 Å². The lowest BCUT2D eigenvalue weighted by Crippen LogP contribution is -2.16. The molecule has 0 heterocycles. The second kappa shape index (κ2) is 16.5. The molecule has 4 aromatic rings. The number of benzene rings is 4. The minimum Gasteiger partial charge on any atom is -0.427 e. The van der Waals surface area contributed by atoms with E-state index in [1.807, 2.05) is 0 Å². The molecule has 0 aliphatic heterocycles. The first kappa shape index (κ1) is 34.8. The summed E-state index contributed by atoms with van der Waals surface area (Å²) in [4.78, 5) is 74.4. The zero-order valence-corrected chi connectivity index (χ0v) is 26.7. The Balaban J connectivity index is 1.56. The Hall–Kier alpha value is -6.10. The summed E-state index contributed by atoms with van der Waals surface area (Å²) in [6, 6.07) is 23.0. The van der Waals surface area contributed by atoms with Gasteiger partial charge in [0, 0.05) is 53.7 Å². The first-order valence-electron chi connectivity index (χ1n) is 15.3. The molecule has 0 aromatic heterocycles. The smallest absolute Gasteiger partial charge is 0.310 e. The molecule has 4 rings (SSSR count). The van der Waals surface area contributed by atoms with Gasteiger partial charge in [-0.1, -0.05) is 32.9 Å². The Morgan fingerprint density at radius 1 is 0.479 bits per heavy atom. The molecule has 246 valence electrons. The van der Waals surface area contributed by atoms with E-state index in [1.165, 1.54) is 66.7 Å². The van der Waals surface area contributed by atoms with Crippen molar-refractivity contribution >= 4 is 46.9 Å². The maximum absolute atomic E-state index is 13.4. The van der Waals surface area contributed by atoms with Crippen LogP contribution in [0, 0.1) is 0 Å². The Morgan fingerprint density at radius 2 is 0.833 bits per heavy atom. The van der Waals surface area contributed by atoms with Crippen molar-refractivity contribution < 1.29 is 43.0 Å². The van der Waals surface area contributed by atoms with Crippen molar-refractivity contribution in [1.29, 1.82) is 0 Å². The lowest BCUT2D eigenvalue weighted by Gasteiger charge is -2.13. The second-order valence-corrected chi connectivity index (χ2v) is 10.5. The van der Waals surface area contributed by atoms with Crippen LogP contribution in [0.5, 0.6) is 17.2 Å². The maximum atomic E-state index is 13.4. The topological polar surface area (TPSA) is 154 Å². The highest BCUT2D eigenvalue weighted by Gasteiger charge is 2.16. The molecule has 0 fully saturated rings. The highest BCUT2D eigenvalue weighted by molar-refractivity contribution is 6.08. The van der Waals surface area contributed by atoms with E-state index in [0.29, 0.717) is 22.8 Å². The standard InChI is InChI=1S/C37H34N2O9/c1-4-33(41)46-29-13-7-23(8-14-29)19-32(40)26-20-27(38-36(44)24-9-15-30(16-10-24)47-34(42)5-2)22-28(21-26)39-37(45)25-11-17-31(18-12-25)48-35(43)6-3/h7-18,20-22H,4-6,19H2,1-3H3,(H,38,44)(H,39,45). The van der Waals surface area contributed by atoms with Crippen LogP contribution in [0.4, 0.5) is 11.4 Å². The predicted molar refractivity (Wildman–Crippen MR) is 177 cm³/mol. The van der Waals surface area contributed by atoms with Crippen molar-refractivity contribution in [1.82, 2.24) is 0 Å². The maximum Gasteiger partial charge on any atom is 0.310 e. The van der Waals surface area contributed by atoms with Gasteiger partial charge < -0.3 is 24.8 Å². The van der Waals surface area contributed by atoms with Gasteiger partial charge in [0.2, 0.25) is 0 Å². The van der Waals surface area contributed by atoms with Gasteiger partial charge in [0.25, 0.3) is 11.8 Å². The lowest BCUT2D eigenvalue weighted by molar-refractivity contribution is -0.134. The van der Waals surface area contributed by atoms with Crippen molar-refractivity contribution in [2.24, 2.45) is 0 Å². The summed E-state index contributed by atoms with van der Waals surface area (Å²) < 4.78 is 15.5. The number of amides is 2. The van der Waals surface area contributed by atoms with E-state index in [2.05, 4.69) is 10.6 Å². The minimum atomic E-state index is -0.500. The zero-order chi connectivity index (χ0) is 34.6. The molecule has 0 unspecified atom stereocenters. The number of ketones is 1. The number of nitrogens with one attached hydrogen (secondary N) is 2. The molecule has 11 nitrogen and oxygen atoms in total. The molecule has 0 saturated heterocycles. The predicted octanol–water partition coefficient (Wildman–Crippen LogP) is 6.56. The van der Waals surface area contributed by atoms with Crippen molar-refractivity contribution in [3.8, 4) is 17.2 Å². The third kappa shape index (κ3) is 9.95. The number of carbonyl (C=O) groups excluding carboxylic acids is 6. The monoisotopic (exact) mass is 650 g/mol. The quantitative estimate of drug-likeness (QED) is 0.0930. The molecule has 2 N–H and O–H groups in total. The molecule has 0 spiro atoms. The number of rotatable bonds is 13. The van der Waals surface area contributed by atoms with E-state index in [4.69, 9.17) is 14.2 Å². The average molecular weight is 651 g/mol. The fourth-order valence-electron chi connectivity index (χ4n) is 4.26. The molecular formula is C37H34N2O9. The number of hydrogen-bond acceptors (Lipinski definition) is 9. The van der Waals surface area contributed by atoms with Gasteiger partial charge in [-0.25, -0.2) is 0 Å². The Morgan fingerprint density at radius 3 is 1.19 bits per heavy atom. The molecule has 0 atom stereocenters. The lowest BCUT2D eigenvalue weighted by atomic mass is 10.0. The summed E-state index contributed by atoms with van der Waals surface area (Å²) in [7, 11) is 0. The van der Waals surface area contributed by atoms with E-state index < -0.39 is 23.8 Å². The molecule has 0 saturated carbocycles. The fourth-order valence-corrected chi connectivity index (χ4v) is 4.26. The van der Waals surface area contributed by atoms with Crippen molar-refractivity contribution in [3.63, 3.8) is 0 Å². The number of carbonyl (C=O) groups is 6. The highest BCUT2D eigenvalue weighted by atomic mass is 16.5. The van der Waals surface area contributed by atoms with Crippen LogP contribution in [-0.2, 0) is 20.8 Å². The van der Waals surface area contributed by atoms with Crippen LogP contribution in [0.2, 0.25) is 0 Å². The summed E-state index contributed by atoms with van der Waals surface area (Å²) in [6.07, 6.45) is 0.624. The normalized spacial score (nSPS) is 10.4. The molecule has 11 heteroatoms. The van der Waals surface area contributed by atoms with E-state index in [9.17, 15) is 28.8 Å². The SMILES string of the molecule is CCC(=O)Oc1ccc(CC(=O)c2cc(NC(=O)c3ccc(OC(=O)CC)cc3)cc(NC(=O)c3ccc(OC(=O)CC)cc3)c2)cc1. The summed E-state index contributed by atoms with van der Waals surface area (Å²) in [5, 5.41) is 5.51. The molecule has 48 heavy (non-hydrogen) atoms. The number of esters is 3. The van der Waals surface area contributed by atoms with Crippen LogP contribution >= 0.6 is 0 Å². The van der Waals surface area contributed by atoms with Crippen molar-refractivity contribution in [2.75, 3.05) is 10.6 Å². The van der Waals surface area contributed by atoms with Crippen LogP contribution in [0.15, 0.2) is 91.0 Å². The minimum absolute atomic E-state index is 0.0112. The van der Waals surface area contributed by atoms with Crippen molar-refractivity contribution in [2.45, 2.75) is 46.5 Å². The van der Waals surface area contributed by atoms with Gasteiger partial charge in [-0.2, -0.15) is 0 Å². The van der Waals surface area contributed by atoms with Gasteiger partial charge in [-0.15, -0.1) is 0 Å². The molecule has 0 aliphatic rings. The van der Waals surface area contributed by atoms with Gasteiger partial charge in [-0.05, 0) is 84.4 Å². The summed E-state index contributed by atoms with van der Waals surface area (Å²) in [5.41, 5.74) is 1.89. The first-order chi connectivity index (χ1) is 23.1. The summed E-state index contributed by atoms with van der Waals surface area (Å²) in [6.45, 7) is 5.03. The third-order valence-corrected chi connectivity index (χ3v) is 6.85. The van der Waals surface area contributed by atoms with Crippen molar-refractivity contribution in [3.05, 3.63) is 113 Å². The average Bonchev–Trinajstić information content (AvgIpc) is 3.09. The summed E-state index contributed by atoms with van der Waals surface area (Å²) in [5.74, 6) is -1.54. The van der Waals surface area contributed by atoms with Crippen LogP contribution in [0.1, 0.15) is 76.7 Å². The van der Waals surface area contributed by atoms with E-state index >= 15 is 0 Å². The van der Waals surface area contributed by atoms with Crippen LogP contribution < -0.4 is 24.8 Å². The number of Topliss-reactive ketones (excluding diaryl/α,β-unsaturated/α-hetero) is 1. The summed E-state index contributed by atoms with van der Waals surface area (Å²) >= 11 is 0. The number of anilines is 2. The highest BCUT2D eigenvalue weighted by Crippen LogP contribution is 2.24. The molecule has 2 amide bonds. The van der Waals surface area contributed by atoms with Gasteiger partial charge >= 0.3 is 17.9 Å². The first-order valence-corrected chi connectivity index (χ1v) is 15.3. The van der Waals surface area contributed by atoms with Gasteiger partial charge in [-0.3, -0.25) is 28.8 Å². The molecule has 0 bridgehead atoms. The van der Waals surface area contributed by atoms with Gasteiger partial charge in [0.1, 0.15) is 17.2 Å². The van der Waals surface area contributed by atoms with Gasteiger partial charge in [0.05, 0.1) is 0 Å². The van der Waals surface area contributed by atoms with E-state index in [0.717, 1.165) is 0 Å². The largest absolute Gasteiger partial charge is 0.427 e. The number of ether oxygens (including phenoxy) is 3. The molecule has 4 aromatic carbocycles. The van der Waals surface area contributed by atoms with Crippen LogP contribution in [-0.4, -0.2) is 35.5 Å². The molecular weight excluding hydrogens is 616 g/mol. The number of hydrogen-bond donors (Lipinski definition) is 2. The molecule has 0 radical (unpaired) electrons. The third-order valence-electron chi connectivity index (χ3n) is 6.85. The van der Waals surface area contributed by atoms with E-state index in [-0.39, 0.29) is 65.5 Å². The fraction of sp³-hybridized carbons (Fsp3) is 0.189. The van der Waals surface area contributed by atoms with Crippen LogP contribution in [0.25, 0.3) is 0 Å². The Bertz CT molecular complexity index is 1720.